The Bertz CT molecular complexity index is 245. The van der Waals surface area contributed by atoms with Crippen molar-refractivity contribution in [2.24, 2.45) is 0 Å². The molecule has 98 valence electrons. The lowest BCUT2D eigenvalue weighted by Gasteiger charge is -2.32. The Kier molecular flexibility index (Phi) is 4.80. The van der Waals surface area contributed by atoms with Crippen LogP contribution in [-0.4, -0.2) is 61.5 Å². The fourth-order valence-corrected chi connectivity index (χ4v) is 2.83. The molecule has 2 rings (SSSR count). The summed E-state index contributed by atoms with van der Waals surface area (Å²) in [6, 6.07) is 0.460. The van der Waals surface area contributed by atoms with E-state index in [-0.39, 0.29) is 0 Å². The zero-order valence-corrected chi connectivity index (χ0v) is 11.0. The molecule has 0 aliphatic carbocycles. The summed E-state index contributed by atoms with van der Waals surface area (Å²) in [7, 11) is 1.97. The third-order valence-electron chi connectivity index (χ3n) is 4.09. The van der Waals surface area contributed by atoms with Crippen LogP contribution in [0, 0.1) is 0 Å². The van der Waals surface area contributed by atoms with Crippen LogP contribution in [-0.2, 0) is 4.79 Å². The molecule has 0 bridgehead atoms. The normalized spacial score (nSPS) is 22.9. The number of hydrogen-bond acceptors (Lipinski definition) is 3. The summed E-state index contributed by atoms with van der Waals surface area (Å²) in [6.07, 6.45) is 5.51. The summed E-state index contributed by atoms with van der Waals surface area (Å²) in [4.78, 5) is 16.5. The highest BCUT2D eigenvalue weighted by Gasteiger charge is 2.22. The lowest BCUT2D eigenvalue weighted by molar-refractivity contribution is -0.132. The Balaban J connectivity index is 1.70. The minimum atomic E-state index is 0.323. The van der Waals surface area contributed by atoms with Crippen LogP contribution in [0.5, 0.6) is 0 Å². The highest BCUT2D eigenvalue weighted by molar-refractivity contribution is 5.76. The van der Waals surface area contributed by atoms with E-state index in [1.807, 2.05) is 11.9 Å². The highest BCUT2D eigenvalue weighted by Crippen LogP contribution is 2.12. The van der Waals surface area contributed by atoms with Gasteiger partial charge in [0.15, 0.2) is 0 Å². The molecule has 2 heterocycles. The molecule has 1 amide bonds. The maximum Gasteiger partial charge on any atom is 0.223 e. The van der Waals surface area contributed by atoms with Crippen molar-refractivity contribution in [3.8, 4) is 0 Å². The number of rotatable bonds is 4. The van der Waals surface area contributed by atoms with Crippen molar-refractivity contribution in [1.29, 1.82) is 0 Å². The van der Waals surface area contributed by atoms with Crippen molar-refractivity contribution in [2.45, 2.75) is 38.1 Å². The Morgan fingerprint density at radius 1 is 1.29 bits per heavy atom. The topological polar surface area (TPSA) is 35.6 Å². The van der Waals surface area contributed by atoms with Gasteiger partial charge < -0.3 is 15.1 Å². The average Bonchev–Trinajstić information content (AvgIpc) is 2.89. The highest BCUT2D eigenvalue weighted by atomic mass is 16.2. The molecule has 2 saturated heterocycles. The number of piperidine rings is 1. The van der Waals surface area contributed by atoms with Crippen molar-refractivity contribution in [1.82, 2.24) is 15.1 Å². The van der Waals surface area contributed by atoms with Crippen molar-refractivity contribution in [2.75, 3.05) is 39.8 Å². The van der Waals surface area contributed by atoms with Crippen LogP contribution < -0.4 is 5.32 Å². The molecular weight excluding hydrogens is 214 g/mol. The maximum absolute atomic E-state index is 12.1. The summed E-state index contributed by atoms with van der Waals surface area (Å²) >= 11 is 0. The van der Waals surface area contributed by atoms with Crippen LogP contribution in [0.2, 0.25) is 0 Å². The minimum Gasteiger partial charge on any atom is -0.343 e. The summed E-state index contributed by atoms with van der Waals surface area (Å²) in [6.45, 7) is 5.42. The van der Waals surface area contributed by atoms with E-state index in [1.54, 1.807) is 0 Å². The molecule has 2 fully saturated rings. The number of nitrogens with one attached hydrogen (secondary N) is 1. The Morgan fingerprint density at radius 3 is 2.59 bits per heavy atom. The SMILES string of the molecule is CN(C(=O)CCN1CCCC1)C1CCNCC1. The monoisotopic (exact) mass is 239 g/mol. The van der Waals surface area contributed by atoms with E-state index in [0.29, 0.717) is 18.4 Å². The third-order valence-corrected chi connectivity index (χ3v) is 4.09. The van der Waals surface area contributed by atoms with E-state index in [1.165, 1.54) is 25.9 Å². The first-order valence-electron chi connectivity index (χ1n) is 6.96. The van der Waals surface area contributed by atoms with Crippen LogP contribution in [0.3, 0.4) is 0 Å². The van der Waals surface area contributed by atoms with Crippen LogP contribution in [0.1, 0.15) is 32.1 Å². The Morgan fingerprint density at radius 2 is 1.94 bits per heavy atom. The van der Waals surface area contributed by atoms with Crippen LogP contribution in [0.25, 0.3) is 0 Å². The molecule has 0 radical (unpaired) electrons. The smallest absolute Gasteiger partial charge is 0.223 e. The zero-order chi connectivity index (χ0) is 12.1. The van der Waals surface area contributed by atoms with E-state index in [9.17, 15) is 4.79 Å². The predicted molar refractivity (Wildman–Crippen MR) is 69.0 cm³/mol. The van der Waals surface area contributed by atoms with Crippen LogP contribution in [0.15, 0.2) is 0 Å². The fourth-order valence-electron chi connectivity index (χ4n) is 2.83. The predicted octanol–water partition coefficient (Wildman–Crippen LogP) is 0.683. The molecule has 0 aromatic carbocycles. The van der Waals surface area contributed by atoms with Gasteiger partial charge in [0.05, 0.1) is 0 Å². The van der Waals surface area contributed by atoms with Gasteiger partial charge in [-0.05, 0) is 51.9 Å². The van der Waals surface area contributed by atoms with Crippen molar-refractivity contribution < 1.29 is 4.79 Å². The van der Waals surface area contributed by atoms with Gasteiger partial charge in [-0.2, -0.15) is 0 Å². The second kappa shape index (κ2) is 6.36. The van der Waals surface area contributed by atoms with E-state index in [4.69, 9.17) is 0 Å². The van der Waals surface area contributed by atoms with Gasteiger partial charge >= 0.3 is 0 Å². The van der Waals surface area contributed by atoms with Crippen molar-refractivity contribution in [3.05, 3.63) is 0 Å². The molecule has 0 unspecified atom stereocenters. The Hall–Kier alpha value is -0.610. The number of nitrogens with zero attached hydrogens (tertiary/aromatic N) is 2. The average molecular weight is 239 g/mol. The first-order chi connectivity index (χ1) is 8.27. The number of hydrogen-bond donors (Lipinski definition) is 1. The number of carbonyl (C=O) groups excluding carboxylic acids is 1. The van der Waals surface area contributed by atoms with Crippen molar-refractivity contribution in [3.63, 3.8) is 0 Å². The van der Waals surface area contributed by atoms with Gasteiger partial charge in [0.25, 0.3) is 0 Å². The van der Waals surface area contributed by atoms with E-state index in [0.717, 1.165) is 32.5 Å². The lowest BCUT2D eigenvalue weighted by Crippen LogP contribution is -2.44. The summed E-state index contributed by atoms with van der Waals surface area (Å²) in [5.74, 6) is 0.323. The number of amides is 1. The molecule has 0 aromatic rings. The molecule has 1 N–H and O–H groups in total. The van der Waals surface area contributed by atoms with Crippen LogP contribution in [0.4, 0.5) is 0 Å². The molecule has 0 saturated carbocycles. The van der Waals surface area contributed by atoms with Gasteiger partial charge in [0.1, 0.15) is 0 Å². The quantitative estimate of drug-likeness (QED) is 0.784. The van der Waals surface area contributed by atoms with Gasteiger partial charge in [-0.15, -0.1) is 0 Å². The molecular formula is C13H25N3O. The zero-order valence-electron chi connectivity index (χ0n) is 11.0. The van der Waals surface area contributed by atoms with Crippen molar-refractivity contribution >= 4 is 5.91 Å². The second-order valence-electron chi connectivity index (χ2n) is 5.28. The minimum absolute atomic E-state index is 0.323. The van der Waals surface area contributed by atoms with E-state index in [2.05, 4.69) is 10.2 Å². The van der Waals surface area contributed by atoms with Gasteiger partial charge in [-0.3, -0.25) is 4.79 Å². The fraction of sp³-hybridized carbons (Fsp3) is 0.923. The molecule has 0 atom stereocenters. The first kappa shape index (κ1) is 12.8. The molecule has 0 aromatic heterocycles. The second-order valence-corrected chi connectivity index (χ2v) is 5.28. The molecule has 17 heavy (non-hydrogen) atoms. The number of carbonyl (C=O) groups is 1. The summed E-state index contributed by atoms with van der Waals surface area (Å²) in [5, 5.41) is 3.34. The summed E-state index contributed by atoms with van der Waals surface area (Å²) < 4.78 is 0. The standard InChI is InChI=1S/C13H25N3O/c1-15(12-4-7-14-8-5-12)13(17)6-11-16-9-2-3-10-16/h12,14H,2-11H2,1H3. The molecule has 4 nitrogen and oxygen atoms in total. The van der Waals surface area contributed by atoms with Gasteiger partial charge in [-0.25, -0.2) is 0 Å². The van der Waals surface area contributed by atoms with Gasteiger partial charge in [-0.1, -0.05) is 0 Å². The Labute approximate surface area is 104 Å². The van der Waals surface area contributed by atoms with E-state index >= 15 is 0 Å². The molecule has 2 aliphatic heterocycles. The first-order valence-corrected chi connectivity index (χ1v) is 6.96. The third kappa shape index (κ3) is 3.68. The largest absolute Gasteiger partial charge is 0.343 e. The lowest BCUT2D eigenvalue weighted by atomic mass is 10.1. The maximum atomic E-state index is 12.1. The molecule has 2 aliphatic rings. The number of likely N-dealkylation sites (tertiary alicyclic amines) is 1. The van der Waals surface area contributed by atoms with Gasteiger partial charge in [0.2, 0.25) is 5.91 Å². The molecule has 0 spiro atoms. The summed E-state index contributed by atoms with van der Waals surface area (Å²) in [5.41, 5.74) is 0. The van der Waals surface area contributed by atoms with E-state index < -0.39 is 0 Å². The molecule has 4 heteroatoms. The van der Waals surface area contributed by atoms with Crippen LogP contribution >= 0.6 is 0 Å². The van der Waals surface area contributed by atoms with Gasteiger partial charge in [0, 0.05) is 26.1 Å².